The van der Waals surface area contributed by atoms with E-state index in [1.165, 1.54) is 10.9 Å². The molecule has 0 amide bonds. The Morgan fingerprint density at radius 3 is 2.37 bits per heavy atom. The van der Waals surface area contributed by atoms with E-state index in [0.29, 0.717) is 0 Å². The first-order valence-electron chi connectivity index (χ1n) is 10.7. The van der Waals surface area contributed by atoms with E-state index in [-0.39, 0.29) is 17.0 Å². The quantitative estimate of drug-likeness (QED) is 0.124. The van der Waals surface area contributed by atoms with E-state index in [0.717, 1.165) is 6.33 Å². The first-order chi connectivity index (χ1) is 17.7. The van der Waals surface area contributed by atoms with Gasteiger partial charge in [-0.05, 0) is 11.8 Å². The van der Waals surface area contributed by atoms with Crippen molar-refractivity contribution < 1.29 is 67.8 Å². The number of phosphoric ester groups is 1. The van der Waals surface area contributed by atoms with E-state index in [4.69, 9.17) is 31.5 Å². The number of rotatable bonds is 9. The number of anilines is 1. The molecule has 0 aliphatic carbocycles. The van der Waals surface area contributed by atoms with Crippen molar-refractivity contribution in [2.45, 2.75) is 55.2 Å². The van der Waals surface area contributed by atoms with Crippen molar-refractivity contribution in [1.29, 1.82) is 0 Å². The lowest BCUT2D eigenvalue weighted by atomic mass is 10.00. The van der Waals surface area contributed by atoms with Gasteiger partial charge in [-0.1, -0.05) is 0 Å². The summed E-state index contributed by atoms with van der Waals surface area (Å²) >= 11 is 4.70. The van der Waals surface area contributed by atoms with Gasteiger partial charge in [0.05, 0.1) is 19.5 Å². The second-order valence-electron chi connectivity index (χ2n) is 8.25. The number of nitrogen functional groups attached to an aromatic ring is 1. The van der Waals surface area contributed by atoms with Crippen molar-refractivity contribution in [2.24, 2.45) is 0 Å². The van der Waals surface area contributed by atoms with E-state index in [1.54, 1.807) is 0 Å². The minimum Gasteiger partial charge on any atom is -0.394 e. The Morgan fingerprint density at radius 2 is 1.68 bits per heavy atom. The van der Waals surface area contributed by atoms with E-state index in [1.807, 2.05) is 0 Å². The Balaban J connectivity index is 1.38. The molecule has 2 saturated heterocycles. The summed E-state index contributed by atoms with van der Waals surface area (Å²) in [5, 5.41) is 59.5. The molecule has 2 aliphatic rings. The van der Waals surface area contributed by atoms with Crippen LogP contribution in [-0.4, -0.2) is 122 Å². The summed E-state index contributed by atoms with van der Waals surface area (Å²) in [5.41, 5.74) is 6.15. The second kappa shape index (κ2) is 11.3. The predicted molar refractivity (Wildman–Crippen MR) is 124 cm³/mol. The molecule has 0 spiro atoms. The molecule has 11 atom stereocenters. The fourth-order valence-electron chi connectivity index (χ4n) is 3.78. The summed E-state index contributed by atoms with van der Waals surface area (Å²) in [6.07, 6.45) is -12.5. The zero-order valence-corrected chi connectivity index (χ0v) is 21.6. The highest BCUT2D eigenvalue weighted by Gasteiger charge is 2.49. The molecule has 2 aliphatic heterocycles. The SMILES string of the molecule is Nc1ncnc2c1ncn2C1OC(COP(O)(=S)OP(=O)(O)OC2OC(CO)C(O)C(O)C2O)C(O)C1O. The number of nitrogens with two attached hydrogens (primary N) is 1. The molecule has 2 aromatic heterocycles. The second-order valence-corrected chi connectivity index (χ2v) is 12.6. The number of aliphatic hydroxyl groups excluding tert-OH is 6. The normalized spacial score (nSPS) is 37.2. The molecule has 0 bridgehead atoms. The molecule has 4 heterocycles. The van der Waals surface area contributed by atoms with Crippen LogP contribution in [0.1, 0.15) is 6.23 Å². The van der Waals surface area contributed by atoms with Crippen LogP contribution in [-0.2, 0) is 39.2 Å². The maximum absolute atomic E-state index is 12.4. The molecule has 2 fully saturated rings. The fourth-order valence-corrected chi connectivity index (χ4v) is 6.88. The molecular formula is C16H25N5O14P2S. The number of aliphatic hydroxyl groups is 6. The van der Waals surface area contributed by atoms with Crippen molar-refractivity contribution in [3.63, 3.8) is 0 Å². The first-order valence-corrected chi connectivity index (χ1v) is 14.8. The zero-order valence-electron chi connectivity index (χ0n) is 19.0. The average molecular weight is 605 g/mol. The lowest BCUT2D eigenvalue weighted by Gasteiger charge is -2.39. The van der Waals surface area contributed by atoms with Gasteiger partial charge in [-0.25, -0.2) is 23.8 Å². The number of hydrogen-bond donors (Lipinski definition) is 9. The lowest BCUT2D eigenvalue weighted by Crippen LogP contribution is -2.58. The van der Waals surface area contributed by atoms with Crippen molar-refractivity contribution >= 4 is 43.3 Å². The smallest absolute Gasteiger partial charge is 0.394 e. The molecule has 2 aromatic rings. The number of fused-ring (bicyclic) bond motifs is 1. The minimum atomic E-state index is -5.36. The van der Waals surface area contributed by atoms with Crippen LogP contribution in [0.5, 0.6) is 0 Å². The van der Waals surface area contributed by atoms with Gasteiger partial charge in [0.1, 0.15) is 54.6 Å². The largest absolute Gasteiger partial charge is 0.481 e. The van der Waals surface area contributed by atoms with Crippen LogP contribution in [0, 0.1) is 0 Å². The van der Waals surface area contributed by atoms with Gasteiger partial charge in [-0.15, -0.1) is 0 Å². The third kappa shape index (κ3) is 6.06. The molecular weight excluding hydrogens is 580 g/mol. The van der Waals surface area contributed by atoms with Crippen LogP contribution in [0.2, 0.25) is 0 Å². The van der Waals surface area contributed by atoms with Crippen LogP contribution in [0.4, 0.5) is 5.82 Å². The van der Waals surface area contributed by atoms with Crippen molar-refractivity contribution in [3.8, 4) is 0 Å². The average Bonchev–Trinajstić information content (AvgIpc) is 3.39. The van der Waals surface area contributed by atoms with Gasteiger partial charge < -0.3 is 60.2 Å². The Labute approximate surface area is 217 Å². The number of ether oxygens (including phenoxy) is 2. The Hall–Kier alpha value is -1.29. The molecule has 10 N–H and O–H groups in total. The number of phosphoric acid groups is 1. The van der Waals surface area contributed by atoms with E-state index < -0.39 is 83.0 Å². The summed E-state index contributed by atoms with van der Waals surface area (Å²) in [6, 6.07) is 0. The van der Waals surface area contributed by atoms with Crippen molar-refractivity contribution in [3.05, 3.63) is 12.7 Å². The van der Waals surface area contributed by atoms with Gasteiger partial charge in [0, 0.05) is 0 Å². The third-order valence-corrected chi connectivity index (χ3v) is 9.21. The Kier molecular flexibility index (Phi) is 8.83. The molecule has 0 radical (unpaired) electrons. The van der Waals surface area contributed by atoms with Gasteiger partial charge in [0.25, 0.3) is 0 Å². The summed E-state index contributed by atoms with van der Waals surface area (Å²) in [4.78, 5) is 32.1. The van der Waals surface area contributed by atoms with E-state index in [2.05, 4.69) is 23.8 Å². The zero-order chi connectivity index (χ0) is 28.0. The highest BCUT2D eigenvalue weighted by molar-refractivity contribution is 8.08. The molecule has 38 heavy (non-hydrogen) atoms. The molecule has 214 valence electrons. The summed E-state index contributed by atoms with van der Waals surface area (Å²) in [5.74, 6) is 0.0687. The maximum atomic E-state index is 12.4. The number of hydrogen-bond acceptors (Lipinski definition) is 17. The Bertz CT molecular complexity index is 1240. The highest BCUT2D eigenvalue weighted by atomic mass is 32.5. The van der Waals surface area contributed by atoms with E-state index in [9.17, 15) is 45.0 Å². The van der Waals surface area contributed by atoms with E-state index >= 15 is 0 Å². The maximum Gasteiger partial charge on any atom is 0.481 e. The van der Waals surface area contributed by atoms with Crippen LogP contribution in [0.15, 0.2) is 12.7 Å². The third-order valence-electron chi connectivity index (χ3n) is 5.69. The first kappa shape index (κ1) is 29.7. The van der Waals surface area contributed by atoms with Crippen LogP contribution in [0.3, 0.4) is 0 Å². The summed E-state index contributed by atoms with van der Waals surface area (Å²) in [6.45, 7) is -6.18. The fraction of sp³-hybridized carbons (Fsp3) is 0.688. The van der Waals surface area contributed by atoms with Gasteiger partial charge in [-0.2, -0.15) is 0 Å². The topological polar surface area (TPSA) is 295 Å². The standard InChI is InChI=1S/C16H25N5O14P2S/c17-13-7-14(19-3-18-13)21(4-20-7)15-11(26)9(24)6(32-15)2-31-37(30,38)35-36(28,29)34-16-12(27)10(25)8(23)5(1-22)33-16/h3-6,8-12,15-16,22-27H,1-2H2,(H,28,29)(H,30,38)(H2,17,18,19). The summed E-state index contributed by atoms with van der Waals surface area (Å²) < 4.78 is 38.3. The highest BCUT2D eigenvalue weighted by Crippen LogP contribution is 2.61. The molecule has 11 unspecified atom stereocenters. The Morgan fingerprint density at radius 1 is 1.00 bits per heavy atom. The molecule has 19 nitrogen and oxygen atoms in total. The van der Waals surface area contributed by atoms with Crippen LogP contribution < -0.4 is 5.73 Å². The van der Waals surface area contributed by atoms with Crippen molar-refractivity contribution in [2.75, 3.05) is 18.9 Å². The minimum absolute atomic E-state index is 0.0687. The number of aromatic nitrogens is 4. The van der Waals surface area contributed by atoms with Crippen LogP contribution >= 0.6 is 14.5 Å². The van der Waals surface area contributed by atoms with Gasteiger partial charge in [0.15, 0.2) is 24.0 Å². The molecule has 0 saturated carbocycles. The van der Waals surface area contributed by atoms with Gasteiger partial charge in [-0.3, -0.25) is 9.09 Å². The molecule has 0 aromatic carbocycles. The van der Waals surface area contributed by atoms with Crippen LogP contribution in [0.25, 0.3) is 11.2 Å². The monoisotopic (exact) mass is 605 g/mol. The molecule has 22 heteroatoms. The predicted octanol–water partition coefficient (Wildman–Crippen LogP) is -3.81. The van der Waals surface area contributed by atoms with Gasteiger partial charge in [0.2, 0.25) is 0 Å². The lowest BCUT2D eigenvalue weighted by molar-refractivity contribution is -0.280. The van der Waals surface area contributed by atoms with Crippen molar-refractivity contribution in [1.82, 2.24) is 19.5 Å². The molecule has 4 rings (SSSR count). The number of nitrogens with zero attached hydrogens (tertiary/aromatic N) is 4. The summed E-state index contributed by atoms with van der Waals surface area (Å²) in [7, 11) is -5.36. The number of imidazole rings is 1. The van der Waals surface area contributed by atoms with Gasteiger partial charge >= 0.3 is 14.5 Å².